The van der Waals surface area contributed by atoms with Crippen LogP contribution < -0.4 is 0 Å². The molecule has 0 aromatic heterocycles. The van der Waals surface area contributed by atoms with Crippen molar-refractivity contribution in [1.29, 1.82) is 0 Å². The second-order valence-corrected chi connectivity index (χ2v) is 3.37. The number of hydrogen-bond acceptors (Lipinski definition) is 2. The minimum Gasteiger partial charge on any atom is -0.466 e. The first-order chi connectivity index (χ1) is 5.24. The maximum absolute atomic E-state index is 11.2. The monoisotopic (exact) mass is 156 g/mol. The topological polar surface area (TPSA) is 26.3 Å². The molecule has 1 fully saturated rings. The highest BCUT2D eigenvalue weighted by molar-refractivity contribution is 5.72. The molecule has 1 aliphatic rings. The summed E-state index contributed by atoms with van der Waals surface area (Å²) in [5.74, 6) is 0.922. The van der Waals surface area contributed by atoms with Gasteiger partial charge in [-0.1, -0.05) is 6.92 Å². The SMILES string of the molecule is CCOC(=O)C1CCC(C)C1. The van der Waals surface area contributed by atoms with Crippen LogP contribution in [0.25, 0.3) is 0 Å². The van der Waals surface area contributed by atoms with Crippen molar-refractivity contribution >= 4 is 5.97 Å². The second kappa shape index (κ2) is 3.74. The molecule has 11 heavy (non-hydrogen) atoms. The number of hydrogen-bond donors (Lipinski definition) is 0. The highest BCUT2D eigenvalue weighted by Gasteiger charge is 2.27. The first-order valence-electron chi connectivity index (χ1n) is 4.40. The Bertz CT molecular complexity index is 142. The zero-order chi connectivity index (χ0) is 8.27. The Morgan fingerprint density at radius 2 is 2.27 bits per heavy atom. The summed E-state index contributed by atoms with van der Waals surface area (Å²) in [6.45, 7) is 4.57. The van der Waals surface area contributed by atoms with E-state index in [4.69, 9.17) is 4.74 Å². The molecule has 64 valence electrons. The minimum atomic E-state index is 0.0110. The molecule has 0 amide bonds. The molecule has 2 heteroatoms. The molecule has 2 atom stereocenters. The lowest BCUT2D eigenvalue weighted by Gasteiger charge is -2.07. The lowest BCUT2D eigenvalue weighted by molar-refractivity contribution is -0.147. The number of carbonyl (C=O) groups excluding carboxylic acids is 1. The van der Waals surface area contributed by atoms with Crippen LogP contribution in [0.1, 0.15) is 33.1 Å². The molecule has 0 radical (unpaired) electrons. The van der Waals surface area contributed by atoms with Crippen molar-refractivity contribution in [3.8, 4) is 0 Å². The fourth-order valence-electron chi connectivity index (χ4n) is 1.68. The molecular formula is C9H16O2. The highest BCUT2D eigenvalue weighted by Crippen LogP contribution is 2.30. The first-order valence-corrected chi connectivity index (χ1v) is 4.40. The van der Waals surface area contributed by atoms with Gasteiger partial charge in [-0.25, -0.2) is 0 Å². The van der Waals surface area contributed by atoms with Crippen LogP contribution in [0.15, 0.2) is 0 Å². The molecule has 0 heterocycles. The van der Waals surface area contributed by atoms with Gasteiger partial charge in [0.1, 0.15) is 0 Å². The highest BCUT2D eigenvalue weighted by atomic mass is 16.5. The molecule has 0 aromatic rings. The number of ether oxygens (including phenoxy) is 1. The van der Waals surface area contributed by atoms with Crippen molar-refractivity contribution in [2.24, 2.45) is 11.8 Å². The van der Waals surface area contributed by atoms with Gasteiger partial charge in [0, 0.05) is 0 Å². The molecule has 2 unspecified atom stereocenters. The fraction of sp³-hybridized carbons (Fsp3) is 0.889. The Kier molecular flexibility index (Phi) is 2.92. The van der Waals surface area contributed by atoms with E-state index in [2.05, 4.69) is 6.92 Å². The Hall–Kier alpha value is -0.530. The van der Waals surface area contributed by atoms with Gasteiger partial charge in [-0.3, -0.25) is 4.79 Å². The van der Waals surface area contributed by atoms with Crippen molar-refractivity contribution in [2.45, 2.75) is 33.1 Å². The maximum Gasteiger partial charge on any atom is 0.308 e. The van der Waals surface area contributed by atoms with E-state index in [9.17, 15) is 4.79 Å². The van der Waals surface area contributed by atoms with Gasteiger partial charge in [-0.05, 0) is 32.1 Å². The Labute approximate surface area is 67.9 Å². The van der Waals surface area contributed by atoms with E-state index in [1.165, 1.54) is 6.42 Å². The van der Waals surface area contributed by atoms with Gasteiger partial charge >= 0.3 is 5.97 Å². The van der Waals surface area contributed by atoms with Crippen LogP contribution in [0.2, 0.25) is 0 Å². The standard InChI is InChI=1S/C9H16O2/c1-3-11-9(10)8-5-4-7(2)6-8/h7-8H,3-6H2,1-2H3. The van der Waals surface area contributed by atoms with Crippen LogP contribution in [-0.4, -0.2) is 12.6 Å². The van der Waals surface area contributed by atoms with Gasteiger partial charge in [0.2, 0.25) is 0 Å². The van der Waals surface area contributed by atoms with Crippen LogP contribution in [0.3, 0.4) is 0 Å². The summed E-state index contributed by atoms with van der Waals surface area (Å²) in [7, 11) is 0. The van der Waals surface area contributed by atoms with Gasteiger partial charge in [0.15, 0.2) is 0 Å². The number of rotatable bonds is 2. The summed E-state index contributed by atoms with van der Waals surface area (Å²) in [5.41, 5.74) is 0. The van der Waals surface area contributed by atoms with Gasteiger partial charge < -0.3 is 4.74 Å². The average molecular weight is 156 g/mol. The molecule has 0 spiro atoms. The zero-order valence-electron chi connectivity index (χ0n) is 7.30. The van der Waals surface area contributed by atoms with E-state index in [-0.39, 0.29) is 11.9 Å². The van der Waals surface area contributed by atoms with Crippen molar-refractivity contribution in [3.63, 3.8) is 0 Å². The summed E-state index contributed by atoms with van der Waals surface area (Å²) < 4.78 is 4.94. The number of esters is 1. The predicted octanol–water partition coefficient (Wildman–Crippen LogP) is 1.99. The van der Waals surface area contributed by atoms with Gasteiger partial charge in [-0.2, -0.15) is 0 Å². The van der Waals surface area contributed by atoms with Crippen molar-refractivity contribution in [2.75, 3.05) is 6.61 Å². The lowest BCUT2D eigenvalue weighted by atomic mass is 10.1. The normalized spacial score (nSPS) is 30.4. The van der Waals surface area contributed by atoms with Crippen molar-refractivity contribution in [1.82, 2.24) is 0 Å². The Morgan fingerprint density at radius 1 is 1.55 bits per heavy atom. The van der Waals surface area contributed by atoms with Crippen LogP contribution in [0.5, 0.6) is 0 Å². The van der Waals surface area contributed by atoms with Gasteiger partial charge in [-0.15, -0.1) is 0 Å². The third-order valence-electron chi connectivity index (χ3n) is 2.31. The van der Waals surface area contributed by atoms with E-state index in [0.717, 1.165) is 12.8 Å². The predicted molar refractivity (Wildman–Crippen MR) is 43.1 cm³/mol. The van der Waals surface area contributed by atoms with E-state index < -0.39 is 0 Å². The summed E-state index contributed by atoms with van der Waals surface area (Å²) in [4.78, 5) is 11.2. The lowest BCUT2D eigenvalue weighted by Crippen LogP contribution is -2.14. The molecule has 1 aliphatic carbocycles. The molecule has 1 saturated carbocycles. The van der Waals surface area contributed by atoms with E-state index in [0.29, 0.717) is 12.5 Å². The molecule has 1 rings (SSSR count). The summed E-state index contributed by atoms with van der Waals surface area (Å²) in [6, 6.07) is 0. The van der Waals surface area contributed by atoms with E-state index in [1.54, 1.807) is 0 Å². The summed E-state index contributed by atoms with van der Waals surface area (Å²) in [5, 5.41) is 0. The Morgan fingerprint density at radius 3 is 2.73 bits per heavy atom. The van der Waals surface area contributed by atoms with Crippen LogP contribution in [-0.2, 0) is 9.53 Å². The third kappa shape index (κ3) is 2.21. The maximum atomic E-state index is 11.2. The molecule has 0 N–H and O–H groups in total. The molecule has 0 saturated heterocycles. The molecule has 0 aromatic carbocycles. The molecule has 0 bridgehead atoms. The largest absolute Gasteiger partial charge is 0.466 e. The smallest absolute Gasteiger partial charge is 0.308 e. The third-order valence-corrected chi connectivity index (χ3v) is 2.31. The average Bonchev–Trinajstić information content (AvgIpc) is 2.36. The van der Waals surface area contributed by atoms with Gasteiger partial charge in [0.25, 0.3) is 0 Å². The number of carbonyl (C=O) groups is 1. The molecule has 2 nitrogen and oxygen atoms in total. The second-order valence-electron chi connectivity index (χ2n) is 3.37. The Balaban J connectivity index is 2.31. The zero-order valence-corrected chi connectivity index (χ0v) is 7.30. The molecular weight excluding hydrogens is 140 g/mol. The van der Waals surface area contributed by atoms with E-state index in [1.807, 2.05) is 6.92 Å². The first kappa shape index (κ1) is 8.57. The van der Waals surface area contributed by atoms with Gasteiger partial charge in [0.05, 0.1) is 12.5 Å². The fourth-order valence-corrected chi connectivity index (χ4v) is 1.68. The quantitative estimate of drug-likeness (QED) is 0.571. The summed E-state index contributed by atoms with van der Waals surface area (Å²) >= 11 is 0. The van der Waals surface area contributed by atoms with Crippen molar-refractivity contribution in [3.05, 3.63) is 0 Å². The minimum absolute atomic E-state index is 0.0110. The van der Waals surface area contributed by atoms with E-state index >= 15 is 0 Å². The van der Waals surface area contributed by atoms with Crippen molar-refractivity contribution < 1.29 is 9.53 Å². The van der Waals surface area contributed by atoms with Crippen LogP contribution >= 0.6 is 0 Å². The summed E-state index contributed by atoms with van der Waals surface area (Å²) in [6.07, 6.45) is 3.24. The van der Waals surface area contributed by atoms with Crippen LogP contribution in [0, 0.1) is 11.8 Å². The molecule has 0 aliphatic heterocycles. The van der Waals surface area contributed by atoms with Crippen LogP contribution in [0.4, 0.5) is 0 Å².